The Bertz CT molecular complexity index is 1290. The highest BCUT2D eigenvalue weighted by atomic mass is 35.5. The van der Waals surface area contributed by atoms with E-state index >= 15 is 0 Å². The zero-order valence-electron chi connectivity index (χ0n) is 18.0. The minimum Gasteiger partial charge on any atom is -0.494 e. The van der Waals surface area contributed by atoms with Crippen LogP contribution in [0.15, 0.2) is 83.5 Å². The number of anilines is 3. The molecule has 0 unspecified atom stereocenters. The highest BCUT2D eigenvalue weighted by molar-refractivity contribution is 6.53. The van der Waals surface area contributed by atoms with E-state index in [2.05, 4.69) is 10.6 Å². The van der Waals surface area contributed by atoms with Crippen molar-refractivity contribution in [1.82, 2.24) is 0 Å². The molecule has 2 N–H and O–H groups in total. The third-order valence-electron chi connectivity index (χ3n) is 4.97. The third kappa shape index (κ3) is 4.76. The first-order valence-corrected chi connectivity index (χ1v) is 11.1. The zero-order valence-corrected chi connectivity index (χ0v) is 19.5. The van der Waals surface area contributed by atoms with Crippen LogP contribution in [0.5, 0.6) is 5.75 Å². The lowest BCUT2D eigenvalue weighted by molar-refractivity contribution is -0.120. The van der Waals surface area contributed by atoms with Gasteiger partial charge in [0, 0.05) is 11.3 Å². The van der Waals surface area contributed by atoms with Crippen molar-refractivity contribution in [1.29, 1.82) is 0 Å². The van der Waals surface area contributed by atoms with Gasteiger partial charge in [0.05, 0.1) is 23.0 Å². The molecule has 0 bridgehead atoms. The topological polar surface area (TPSA) is 87.7 Å². The molecule has 3 aromatic carbocycles. The van der Waals surface area contributed by atoms with E-state index in [0.29, 0.717) is 40.0 Å². The van der Waals surface area contributed by atoms with Crippen LogP contribution in [0.1, 0.15) is 17.3 Å². The van der Waals surface area contributed by atoms with Crippen molar-refractivity contribution in [3.63, 3.8) is 0 Å². The molecule has 4 rings (SSSR count). The van der Waals surface area contributed by atoms with Crippen LogP contribution in [0.3, 0.4) is 0 Å². The summed E-state index contributed by atoms with van der Waals surface area (Å²) in [6.07, 6.45) is 0. The summed E-state index contributed by atoms with van der Waals surface area (Å²) in [4.78, 5) is 39.1. The number of rotatable bonds is 7. The Morgan fingerprint density at radius 3 is 2.24 bits per heavy atom. The number of nitrogens with zero attached hydrogens (tertiary/aromatic N) is 1. The number of para-hydroxylation sites is 1. The van der Waals surface area contributed by atoms with Gasteiger partial charge in [-0.1, -0.05) is 35.3 Å². The highest BCUT2D eigenvalue weighted by Crippen LogP contribution is 2.31. The number of ether oxygens (including phenoxy) is 1. The Hall–Kier alpha value is -3.81. The van der Waals surface area contributed by atoms with Gasteiger partial charge in [0.25, 0.3) is 17.7 Å². The lowest BCUT2D eigenvalue weighted by Gasteiger charge is -2.15. The van der Waals surface area contributed by atoms with Gasteiger partial charge in [-0.05, 0) is 67.6 Å². The molecule has 3 amide bonds. The maximum atomic E-state index is 12.9. The van der Waals surface area contributed by atoms with Gasteiger partial charge in [0.1, 0.15) is 16.5 Å². The van der Waals surface area contributed by atoms with Crippen LogP contribution >= 0.6 is 23.2 Å². The molecular formula is C25H19Cl2N3O4. The molecule has 1 aliphatic rings. The lowest BCUT2D eigenvalue weighted by atomic mass is 10.2. The van der Waals surface area contributed by atoms with E-state index in [1.54, 1.807) is 72.8 Å². The number of halogens is 2. The molecule has 7 nitrogen and oxygen atoms in total. The number of hydrogen-bond acceptors (Lipinski definition) is 5. The van der Waals surface area contributed by atoms with E-state index in [1.807, 2.05) is 6.92 Å². The second-order valence-corrected chi connectivity index (χ2v) is 7.98. The molecular weight excluding hydrogens is 477 g/mol. The summed E-state index contributed by atoms with van der Waals surface area (Å²) < 4.78 is 5.39. The minimum absolute atomic E-state index is 0.0474. The van der Waals surface area contributed by atoms with Gasteiger partial charge in [-0.25, -0.2) is 4.90 Å². The summed E-state index contributed by atoms with van der Waals surface area (Å²) >= 11 is 12.3. The summed E-state index contributed by atoms with van der Waals surface area (Å²) in [6.45, 7) is 2.36. The van der Waals surface area contributed by atoms with Crippen LogP contribution in [0.25, 0.3) is 0 Å². The first-order valence-electron chi connectivity index (χ1n) is 10.3. The van der Waals surface area contributed by atoms with Gasteiger partial charge in [-0.3, -0.25) is 14.4 Å². The van der Waals surface area contributed by atoms with Crippen molar-refractivity contribution >= 4 is 58.0 Å². The smallest absolute Gasteiger partial charge is 0.283 e. The highest BCUT2D eigenvalue weighted by Gasteiger charge is 2.39. The Labute approximate surface area is 205 Å². The van der Waals surface area contributed by atoms with Crippen LogP contribution in [-0.2, 0) is 9.59 Å². The average molecular weight is 496 g/mol. The quantitative estimate of drug-likeness (QED) is 0.426. The summed E-state index contributed by atoms with van der Waals surface area (Å²) in [5, 5.41) is 5.83. The minimum atomic E-state index is -0.630. The van der Waals surface area contributed by atoms with Crippen molar-refractivity contribution in [2.45, 2.75) is 6.92 Å². The summed E-state index contributed by atoms with van der Waals surface area (Å²) in [6, 6.07) is 19.8. The number of amides is 3. The van der Waals surface area contributed by atoms with E-state index < -0.39 is 11.8 Å². The van der Waals surface area contributed by atoms with E-state index in [1.165, 1.54) is 0 Å². The second kappa shape index (κ2) is 9.99. The predicted octanol–water partition coefficient (Wildman–Crippen LogP) is 5.43. The van der Waals surface area contributed by atoms with Crippen molar-refractivity contribution in [3.05, 3.63) is 94.1 Å². The normalized spacial score (nSPS) is 13.3. The molecule has 9 heteroatoms. The average Bonchev–Trinajstić information content (AvgIpc) is 3.05. The Balaban J connectivity index is 1.47. The van der Waals surface area contributed by atoms with Crippen LogP contribution in [0.4, 0.5) is 17.1 Å². The Morgan fingerprint density at radius 1 is 0.912 bits per heavy atom. The third-order valence-corrected chi connectivity index (χ3v) is 5.65. The van der Waals surface area contributed by atoms with Crippen LogP contribution in [0.2, 0.25) is 5.02 Å². The van der Waals surface area contributed by atoms with Gasteiger partial charge in [-0.2, -0.15) is 0 Å². The Kier molecular flexibility index (Phi) is 6.86. The molecule has 0 radical (unpaired) electrons. The maximum Gasteiger partial charge on any atom is 0.283 e. The van der Waals surface area contributed by atoms with Crippen molar-refractivity contribution in [3.8, 4) is 5.75 Å². The molecule has 0 spiro atoms. The molecule has 1 heterocycles. The van der Waals surface area contributed by atoms with Gasteiger partial charge in [-0.15, -0.1) is 0 Å². The van der Waals surface area contributed by atoms with Crippen LogP contribution in [-0.4, -0.2) is 24.3 Å². The molecule has 0 aromatic heterocycles. The molecule has 0 atom stereocenters. The van der Waals surface area contributed by atoms with E-state index in [4.69, 9.17) is 27.9 Å². The fourth-order valence-electron chi connectivity index (χ4n) is 3.31. The largest absolute Gasteiger partial charge is 0.494 e. The van der Waals surface area contributed by atoms with Gasteiger partial charge in [0.15, 0.2) is 0 Å². The van der Waals surface area contributed by atoms with Crippen LogP contribution < -0.4 is 20.3 Å². The van der Waals surface area contributed by atoms with E-state index in [0.717, 1.165) is 4.90 Å². The second-order valence-electron chi connectivity index (χ2n) is 7.20. The molecule has 3 aromatic rings. The van der Waals surface area contributed by atoms with Gasteiger partial charge in [0.2, 0.25) is 0 Å². The van der Waals surface area contributed by atoms with Gasteiger partial charge >= 0.3 is 0 Å². The van der Waals surface area contributed by atoms with Gasteiger partial charge < -0.3 is 15.4 Å². The van der Waals surface area contributed by atoms with Crippen molar-refractivity contribution in [2.75, 3.05) is 22.1 Å². The zero-order chi connectivity index (χ0) is 24.2. The molecule has 34 heavy (non-hydrogen) atoms. The van der Waals surface area contributed by atoms with Crippen molar-refractivity contribution in [2.24, 2.45) is 0 Å². The maximum absolute atomic E-state index is 12.9. The number of nitrogens with one attached hydrogen (secondary N) is 2. The number of carbonyl (C=O) groups is 3. The molecule has 0 saturated carbocycles. The lowest BCUT2D eigenvalue weighted by Crippen LogP contribution is -2.32. The van der Waals surface area contributed by atoms with E-state index in [-0.39, 0.29) is 16.6 Å². The number of benzene rings is 3. The number of carbonyl (C=O) groups excluding carboxylic acids is 3. The fourth-order valence-corrected chi connectivity index (χ4v) is 3.71. The standard InChI is InChI=1S/C25H19Cl2N3O4/c1-2-34-18-13-11-17(12-14-18)30-24(32)21(27)22(25(30)33)28-16-9-7-15(8-10-16)23(31)29-20-6-4-3-5-19(20)26/h3-14,28H,2H2,1H3,(H,29,31). The fraction of sp³-hybridized carbons (Fsp3) is 0.0800. The summed E-state index contributed by atoms with van der Waals surface area (Å²) in [5.41, 5.74) is 1.69. The predicted molar refractivity (Wildman–Crippen MR) is 132 cm³/mol. The first-order chi connectivity index (χ1) is 16.4. The summed E-state index contributed by atoms with van der Waals surface area (Å²) in [5.74, 6) is -0.930. The van der Waals surface area contributed by atoms with Crippen LogP contribution in [0, 0.1) is 0 Å². The monoisotopic (exact) mass is 495 g/mol. The molecule has 0 aliphatic carbocycles. The SMILES string of the molecule is CCOc1ccc(N2C(=O)C(Cl)=C(Nc3ccc(C(=O)Nc4ccccc4Cl)cc3)C2=O)cc1. The number of imide groups is 1. The van der Waals surface area contributed by atoms with E-state index in [9.17, 15) is 14.4 Å². The molecule has 0 saturated heterocycles. The number of hydrogen-bond donors (Lipinski definition) is 2. The molecule has 0 fully saturated rings. The molecule has 172 valence electrons. The summed E-state index contributed by atoms with van der Waals surface area (Å²) in [7, 11) is 0. The first kappa shape index (κ1) is 23.4. The van der Waals surface area contributed by atoms with Crippen molar-refractivity contribution < 1.29 is 19.1 Å². The Morgan fingerprint density at radius 2 is 1.59 bits per heavy atom. The molecule has 1 aliphatic heterocycles.